The first kappa shape index (κ1) is 81.1. The van der Waals surface area contributed by atoms with Crippen LogP contribution in [-0.4, -0.2) is 96.7 Å². The maximum Gasteiger partial charge on any atom is 0.472 e. The number of esters is 4. The average molecular weight is 1230 g/mol. The summed E-state index contributed by atoms with van der Waals surface area (Å²) in [5.74, 6) is 0.0949. The van der Waals surface area contributed by atoms with Crippen LogP contribution in [0, 0.1) is 17.8 Å². The number of carbonyl (C=O) groups excluding carboxylic acids is 4. The molecule has 0 aliphatic carbocycles. The smallest absolute Gasteiger partial charge is 0.462 e. The second-order valence-electron chi connectivity index (χ2n) is 24.1. The summed E-state index contributed by atoms with van der Waals surface area (Å²) in [5.41, 5.74) is 0. The largest absolute Gasteiger partial charge is 0.472 e. The quantitative estimate of drug-likeness (QED) is 0.0222. The van der Waals surface area contributed by atoms with Gasteiger partial charge in [-0.05, 0) is 43.4 Å². The van der Waals surface area contributed by atoms with E-state index in [0.717, 1.165) is 127 Å². The summed E-state index contributed by atoms with van der Waals surface area (Å²) < 4.78 is 67.9. The molecule has 0 rings (SSSR count). The molecule has 0 amide bonds. The highest BCUT2D eigenvalue weighted by Crippen LogP contribution is 2.45. The van der Waals surface area contributed by atoms with Crippen LogP contribution in [0.2, 0.25) is 0 Å². The highest BCUT2D eigenvalue weighted by atomic mass is 31.2. The van der Waals surface area contributed by atoms with Gasteiger partial charge in [-0.1, -0.05) is 260 Å². The number of rotatable bonds is 62. The number of carbonyl (C=O) groups is 4. The van der Waals surface area contributed by atoms with Crippen LogP contribution >= 0.6 is 15.6 Å². The van der Waals surface area contributed by atoms with Crippen molar-refractivity contribution in [1.29, 1.82) is 0 Å². The Morgan fingerprint density at radius 1 is 0.349 bits per heavy atom. The van der Waals surface area contributed by atoms with E-state index in [9.17, 15) is 43.2 Å². The van der Waals surface area contributed by atoms with E-state index < -0.39 is 97.5 Å². The minimum Gasteiger partial charge on any atom is -0.462 e. The Labute approximate surface area is 505 Å². The fourth-order valence-corrected chi connectivity index (χ4v) is 11.0. The molecule has 0 aromatic carbocycles. The fraction of sp³-hybridized carbons (Fsp3) is 0.938. The van der Waals surface area contributed by atoms with Crippen molar-refractivity contribution >= 4 is 39.5 Å². The number of hydrogen-bond acceptors (Lipinski definition) is 15. The van der Waals surface area contributed by atoms with Crippen LogP contribution in [0.15, 0.2) is 0 Å². The Hall–Kier alpha value is -1.94. The molecule has 0 spiro atoms. The van der Waals surface area contributed by atoms with E-state index in [4.69, 9.17) is 37.0 Å². The Bertz CT molecular complexity index is 1650. The minimum atomic E-state index is -4.95. The van der Waals surface area contributed by atoms with E-state index in [1.807, 2.05) is 0 Å². The highest BCUT2D eigenvalue weighted by molar-refractivity contribution is 7.47. The van der Waals surface area contributed by atoms with E-state index in [1.165, 1.54) is 103 Å². The van der Waals surface area contributed by atoms with E-state index in [-0.39, 0.29) is 25.7 Å². The van der Waals surface area contributed by atoms with Crippen molar-refractivity contribution in [3.05, 3.63) is 0 Å². The van der Waals surface area contributed by atoms with Gasteiger partial charge in [-0.25, -0.2) is 9.13 Å². The predicted octanol–water partition coefficient (Wildman–Crippen LogP) is 17.5. The van der Waals surface area contributed by atoms with Gasteiger partial charge < -0.3 is 33.8 Å². The molecule has 3 N–H and O–H groups in total. The third-order valence-corrected chi connectivity index (χ3v) is 17.3. The second kappa shape index (κ2) is 55.4. The Balaban J connectivity index is 5.21. The van der Waals surface area contributed by atoms with E-state index in [2.05, 4.69) is 48.5 Å². The van der Waals surface area contributed by atoms with Gasteiger partial charge in [0.25, 0.3) is 0 Å². The van der Waals surface area contributed by atoms with Crippen LogP contribution in [-0.2, 0) is 65.4 Å². The number of ether oxygens (including phenoxy) is 4. The van der Waals surface area contributed by atoms with Crippen LogP contribution in [0.4, 0.5) is 0 Å². The van der Waals surface area contributed by atoms with Gasteiger partial charge >= 0.3 is 39.5 Å². The van der Waals surface area contributed by atoms with Gasteiger partial charge in [0.2, 0.25) is 0 Å². The number of aliphatic hydroxyl groups excluding tert-OH is 1. The summed E-state index contributed by atoms with van der Waals surface area (Å²) in [6.07, 6.45) is 36.4. The first-order valence-corrected chi connectivity index (χ1v) is 36.4. The molecule has 0 aromatic heterocycles. The third-order valence-electron chi connectivity index (χ3n) is 15.4. The minimum absolute atomic E-state index is 0.102. The standard InChI is InChI=1S/C64H124O17P2/c1-8-11-12-13-21-31-38-45-61(66)74-51-60(81-64(69)48-41-34-27-25-30-37-44-57(7)10-3)54-79-83(72,73)77-50-58(65)49-76-82(70,71)78-53-59(52-75-62(67)46-39-32-26-24-29-36-43-56(6)9-2)80-63(68)47-40-33-23-20-18-16-14-15-17-19-22-28-35-42-55(4)5/h55-60,65H,8-54H2,1-7H3,(H,70,71)(H,72,73)/t56?,57?,58-,59-,60-/m1/s1. The molecule has 4 unspecified atom stereocenters. The lowest BCUT2D eigenvalue weighted by Gasteiger charge is -2.21. The Kier molecular flexibility index (Phi) is 54.1. The molecule has 0 saturated heterocycles. The molecule has 0 radical (unpaired) electrons. The molecule has 0 aromatic rings. The lowest BCUT2D eigenvalue weighted by molar-refractivity contribution is -0.161. The van der Waals surface area contributed by atoms with Crippen molar-refractivity contribution in [2.45, 2.75) is 330 Å². The summed E-state index contributed by atoms with van der Waals surface area (Å²) in [4.78, 5) is 72.1. The number of unbranched alkanes of at least 4 members (excludes halogenated alkanes) is 28. The zero-order valence-corrected chi connectivity index (χ0v) is 55.4. The highest BCUT2D eigenvalue weighted by Gasteiger charge is 2.30. The Morgan fingerprint density at radius 3 is 0.916 bits per heavy atom. The van der Waals surface area contributed by atoms with Gasteiger partial charge in [0.05, 0.1) is 26.4 Å². The number of hydrogen-bond donors (Lipinski definition) is 3. The van der Waals surface area contributed by atoms with Crippen LogP contribution in [0.5, 0.6) is 0 Å². The molecule has 0 aliphatic rings. The molecule has 19 heteroatoms. The molecule has 0 saturated carbocycles. The molecule has 492 valence electrons. The number of phosphoric acid groups is 2. The summed E-state index contributed by atoms with van der Waals surface area (Å²) in [6.45, 7) is 11.7. The van der Waals surface area contributed by atoms with Gasteiger partial charge in [-0.15, -0.1) is 0 Å². The molecule has 17 nitrogen and oxygen atoms in total. The summed E-state index contributed by atoms with van der Waals surface area (Å²) in [7, 11) is -9.88. The van der Waals surface area contributed by atoms with E-state index >= 15 is 0 Å². The molecular formula is C64H124O17P2. The number of phosphoric ester groups is 2. The van der Waals surface area contributed by atoms with Gasteiger partial charge in [0.1, 0.15) is 19.3 Å². The van der Waals surface area contributed by atoms with Crippen molar-refractivity contribution in [3.8, 4) is 0 Å². The van der Waals surface area contributed by atoms with Crippen molar-refractivity contribution in [3.63, 3.8) is 0 Å². The molecule has 0 heterocycles. The van der Waals surface area contributed by atoms with Crippen molar-refractivity contribution in [2.24, 2.45) is 17.8 Å². The monoisotopic (exact) mass is 1230 g/mol. The maximum absolute atomic E-state index is 13.0. The topological polar surface area (TPSA) is 237 Å². The molecule has 83 heavy (non-hydrogen) atoms. The molecule has 0 aliphatic heterocycles. The number of aliphatic hydroxyl groups is 1. The molecule has 0 fully saturated rings. The Morgan fingerprint density at radius 2 is 0.614 bits per heavy atom. The lowest BCUT2D eigenvalue weighted by atomic mass is 10.00. The summed E-state index contributed by atoms with van der Waals surface area (Å²) in [5, 5.41) is 10.5. The maximum atomic E-state index is 13.0. The zero-order valence-electron chi connectivity index (χ0n) is 53.6. The summed E-state index contributed by atoms with van der Waals surface area (Å²) >= 11 is 0. The van der Waals surface area contributed by atoms with Crippen LogP contribution in [0.3, 0.4) is 0 Å². The first-order valence-electron chi connectivity index (χ1n) is 33.4. The van der Waals surface area contributed by atoms with Gasteiger partial charge in [-0.2, -0.15) is 0 Å². The summed E-state index contributed by atoms with van der Waals surface area (Å²) in [6, 6.07) is 0. The van der Waals surface area contributed by atoms with Gasteiger partial charge in [-0.3, -0.25) is 37.3 Å². The van der Waals surface area contributed by atoms with Crippen molar-refractivity contribution in [1.82, 2.24) is 0 Å². The van der Waals surface area contributed by atoms with E-state index in [1.54, 1.807) is 0 Å². The zero-order chi connectivity index (χ0) is 61.7. The van der Waals surface area contributed by atoms with Crippen molar-refractivity contribution in [2.75, 3.05) is 39.6 Å². The molecule has 7 atom stereocenters. The van der Waals surface area contributed by atoms with Crippen LogP contribution < -0.4 is 0 Å². The second-order valence-corrected chi connectivity index (χ2v) is 27.0. The average Bonchev–Trinajstić information content (AvgIpc) is 3.46. The third kappa shape index (κ3) is 56.3. The van der Waals surface area contributed by atoms with Crippen molar-refractivity contribution < 1.29 is 80.2 Å². The SMILES string of the molecule is CCCCCCCCCC(=O)OC[C@H](COP(=O)(O)OC[C@H](O)COP(=O)(O)OC[C@@H](COC(=O)CCCCCCCCC(C)CC)OC(=O)CCCCCCCCCCCCCCCC(C)C)OC(=O)CCCCCCCCC(C)CC. The van der Waals surface area contributed by atoms with E-state index in [0.29, 0.717) is 25.7 Å². The normalized spacial score (nSPS) is 15.0. The first-order chi connectivity index (χ1) is 39.8. The lowest BCUT2D eigenvalue weighted by Crippen LogP contribution is -2.30. The van der Waals surface area contributed by atoms with Crippen LogP contribution in [0.1, 0.15) is 312 Å². The fourth-order valence-electron chi connectivity index (χ4n) is 9.42. The van der Waals surface area contributed by atoms with Gasteiger partial charge in [0, 0.05) is 25.7 Å². The van der Waals surface area contributed by atoms with Crippen LogP contribution in [0.25, 0.3) is 0 Å². The van der Waals surface area contributed by atoms with Gasteiger partial charge in [0.15, 0.2) is 12.2 Å². The molecular weight excluding hydrogens is 1100 g/mol. The molecule has 0 bridgehead atoms. The predicted molar refractivity (Wildman–Crippen MR) is 331 cm³/mol.